The summed E-state index contributed by atoms with van der Waals surface area (Å²) in [5, 5.41) is 0. The van der Waals surface area contributed by atoms with Crippen molar-refractivity contribution in [1.82, 2.24) is 9.55 Å². The minimum absolute atomic E-state index is 0.285. The molecule has 20 heavy (non-hydrogen) atoms. The number of nitrogens with two attached hydrogens (primary N) is 1. The number of aromatic nitrogens is 2. The van der Waals surface area contributed by atoms with E-state index >= 15 is 0 Å². The largest absolute Gasteiger partial charge is 0.397 e. The number of anilines is 1. The molecule has 0 saturated heterocycles. The first-order chi connectivity index (χ1) is 9.61. The van der Waals surface area contributed by atoms with Crippen molar-refractivity contribution < 1.29 is 4.39 Å². The molecule has 0 amide bonds. The molecule has 0 aliphatic carbocycles. The van der Waals surface area contributed by atoms with Crippen LogP contribution in [0.25, 0.3) is 22.4 Å². The number of hydrogen-bond donors (Lipinski definition) is 1. The molecule has 0 aliphatic rings. The van der Waals surface area contributed by atoms with Gasteiger partial charge in [0.1, 0.15) is 11.6 Å². The Morgan fingerprint density at radius 3 is 2.85 bits per heavy atom. The predicted molar refractivity (Wildman–Crippen MR) is 82.9 cm³/mol. The summed E-state index contributed by atoms with van der Waals surface area (Å²) in [6, 6.07) is 10.4. The van der Waals surface area contributed by atoms with Crippen molar-refractivity contribution in [3.63, 3.8) is 0 Å². The Morgan fingerprint density at radius 2 is 2.10 bits per heavy atom. The Hall–Kier alpha value is -1.88. The van der Waals surface area contributed by atoms with Crippen LogP contribution in [0.15, 0.2) is 40.9 Å². The van der Waals surface area contributed by atoms with Gasteiger partial charge in [-0.05, 0) is 47.1 Å². The van der Waals surface area contributed by atoms with E-state index in [9.17, 15) is 4.39 Å². The highest BCUT2D eigenvalue weighted by Crippen LogP contribution is 2.33. The van der Waals surface area contributed by atoms with Crippen LogP contribution in [-0.4, -0.2) is 9.55 Å². The maximum absolute atomic E-state index is 13.3. The van der Waals surface area contributed by atoms with Crippen LogP contribution in [0.4, 0.5) is 10.1 Å². The average Bonchev–Trinajstić information content (AvgIpc) is 2.79. The second-order valence-corrected chi connectivity index (χ2v) is 5.37. The third kappa shape index (κ3) is 1.98. The number of nitrogens with zero attached hydrogens (tertiary/aromatic N) is 2. The SMILES string of the molecule is CCn1c(-c2cccc(Br)c2N)nc2cc(F)ccc21. The standard InChI is InChI=1S/C15H13BrFN3/c1-2-20-13-7-6-9(17)8-12(13)19-15(20)10-4-3-5-11(16)14(10)18/h3-8H,2,18H2,1H3. The zero-order valence-corrected chi connectivity index (χ0v) is 12.5. The van der Waals surface area contributed by atoms with Crippen LogP contribution in [0.1, 0.15) is 6.92 Å². The van der Waals surface area contributed by atoms with E-state index in [1.54, 1.807) is 6.07 Å². The number of imidazole rings is 1. The summed E-state index contributed by atoms with van der Waals surface area (Å²) in [4.78, 5) is 4.54. The molecular weight excluding hydrogens is 321 g/mol. The topological polar surface area (TPSA) is 43.8 Å². The smallest absolute Gasteiger partial charge is 0.143 e. The lowest BCUT2D eigenvalue weighted by molar-refractivity contribution is 0.629. The van der Waals surface area contributed by atoms with Crippen molar-refractivity contribution in [2.75, 3.05) is 5.73 Å². The molecule has 2 N–H and O–H groups in total. The molecule has 3 rings (SSSR count). The van der Waals surface area contributed by atoms with Crippen LogP contribution in [0.3, 0.4) is 0 Å². The molecular formula is C15H13BrFN3. The Labute approximate surface area is 124 Å². The van der Waals surface area contributed by atoms with E-state index in [0.29, 0.717) is 11.2 Å². The first kappa shape index (κ1) is 13.1. The van der Waals surface area contributed by atoms with Crippen molar-refractivity contribution in [2.45, 2.75) is 13.5 Å². The molecule has 3 aromatic rings. The van der Waals surface area contributed by atoms with E-state index in [-0.39, 0.29) is 5.82 Å². The number of rotatable bonds is 2. The van der Waals surface area contributed by atoms with Gasteiger partial charge >= 0.3 is 0 Å². The fourth-order valence-corrected chi connectivity index (χ4v) is 2.73. The minimum atomic E-state index is -0.285. The number of nitrogen functional groups attached to an aromatic ring is 1. The van der Waals surface area contributed by atoms with E-state index in [1.165, 1.54) is 12.1 Å². The molecule has 3 nitrogen and oxygen atoms in total. The normalized spacial score (nSPS) is 11.2. The summed E-state index contributed by atoms with van der Waals surface area (Å²) in [7, 11) is 0. The Morgan fingerprint density at radius 1 is 1.30 bits per heavy atom. The number of aryl methyl sites for hydroxylation is 1. The van der Waals surface area contributed by atoms with E-state index in [2.05, 4.69) is 20.9 Å². The second kappa shape index (κ2) is 4.90. The van der Waals surface area contributed by atoms with Crippen LogP contribution < -0.4 is 5.73 Å². The molecule has 0 atom stereocenters. The summed E-state index contributed by atoms with van der Waals surface area (Å²) < 4.78 is 16.2. The first-order valence-electron chi connectivity index (χ1n) is 6.32. The molecule has 0 fully saturated rings. The first-order valence-corrected chi connectivity index (χ1v) is 7.11. The fraction of sp³-hybridized carbons (Fsp3) is 0.133. The van der Waals surface area contributed by atoms with E-state index in [0.717, 1.165) is 27.9 Å². The maximum Gasteiger partial charge on any atom is 0.143 e. The number of halogens is 2. The van der Waals surface area contributed by atoms with Crippen molar-refractivity contribution in [1.29, 1.82) is 0 Å². The van der Waals surface area contributed by atoms with Gasteiger partial charge in [0, 0.05) is 22.6 Å². The Bertz CT molecular complexity index is 795. The van der Waals surface area contributed by atoms with Crippen LogP contribution >= 0.6 is 15.9 Å². The van der Waals surface area contributed by atoms with Crippen LogP contribution in [0, 0.1) is 5.82 Å². The fourth-order valence-electron chi connectivity index (χ4n) is 2.36. The predicted octanol–water partition coefficient (Wildman–Crippen LogP) is 4.21. The number of para-hydroxylation sites is 1. The van der Waals surface area contributed by atoms with Crippen molar-refractivity contribution in [3.8, 4) is 11.4 Å². The molecule has 1 aromatic heterocycles. The molecule has 0 spiro atoms. The van der Waals surface area contributed by atoms with Crippen LogP contribution in [-0.2, 0) is 6.54 Å². The highest BCUT2D eigenvalue weighted by molar-refractivity contribution is 9.10. The number of fused-ring (bicyclic) bond motifs is 1. The van der Waals surface area contributed by atoms with E-state index < -0.39 is 0 Å². The molecule has 0 unspecified atom stereocenters. The van der Waals surface area contributed by atoms with Crippen molar-refractivity contribution >= 4 is 32.7 Å². The quantitative estimate of drug-likeness (QED) is 0.714. The zero-order chi connectivity index (χ0) is 14.3. The summed E-state index contributed by atoms with van der Waals surface area (Å²) in [6.45, 7) is 2.77. The van der Waals surface area contributed by atoms with Crippen LogP contribution in [0.2, 0.25) is 0 Å². The molecule has 2 aromatic carbocycles. The molecule has 5 heteroatoms. The van der Waals surface area contributed by atoms with Gasteiger partial charge in [-0.1, -0.05) is 6.07 Å². The zero-order valence-electron chi connectivity index (χ0n) is 10.9. The summed E-state index contributed by atoms with van der Waals surface area (Å²) in [6.07, 6.45) is 0. The van der Waals surface area contributed by atoms with Gasteiger partial charge in [-0.15, -0.1) is 0 Å². The van der Waals surface area contributed by atoms with Gasteiger partial charge in [-0.25, -0.2) is 9.37 Å². The van der Waals surface area contributed by atoms with Gasteiger partial charge in [0.2, 0.25) is 0 Å². The van der Waals surface area contributed by atoms with Gasteiger partial charge in [-0.2, -0.15) is 0 Å². The maximum atomic E-state index is 13.3. The lowest BCUT2D eigenvalue weighted by atomic mass is 10.1. The van der Waals surface area contributed by atoms with Crippen LogP contribution in [0.5, 0.6) is 0 Å². The molecule has 102 valence electrons. The summed E-state index contributed by atoms with van der Waals surface area (Å²) >= 11 is 3.42. The lowest BCUT2D eigenvalue weighted by Crippen LogP contribution is -2.00. The van der Waals surface area contributed by atoms with Gasteiger partial charge in [0.25, 0.3) is 0 Å². The molecule has 0 radical (unpaired) electrons. The third-order valence-electron chi connectivity index (χ3n) is 3.32. The Kier molecular flexibility index (Phi) is 3.22. The van der Waals surface area contributed by atoms with Crippen molar-refractivity contribution in [2.24, 2.45) is 0 Å². The van der Waals surface area contributed by atoms with Gasteiger partial charge in [0.05, 0.1) is 16.7 Å². The van der Waals surface area contributed by atoms with Gasteiger partial charge in [0.15, 0.2) is 0 Å². The number of benzene rings is 2. The average molecular weight is 334 g/mol. The van der Waals surface area contributed by atoms with Gasteiger partial charge < -0.3 is 10.3 Å². The summed E-state index contributed by atoms with van der Waals surface area (Å²) in [5.41, 5.74) is 9.14. The van der Waals surface area contributed by atoms with Gasteiger partial charge in [-0.3, -0.25) is 0 Å². The van der Waals surface area contributed by atoms with Crippen molar-refractivity contribution in [3.05, 3.63) is 46.7 Å². The monoisotopic (exact) mass is 333 g/mol. The highest BCUT2D eigenvalue weighted by Gasteiger charge is 2.15. The second-order valence-electron chi connectivity index (χ2n) is 4.51. The molecule has 0 bridgehead atoms. The Balaban J connectivity index is 2.33. The number of hydrogen-bond acceptors (Lipinski definition) is 2. The lowest BCUT2D eigenvalue weighted by Gasteiger charge is -2.09. The molecule has 0 saturated carbocycles. The molecule has 0 aliphatic heterocycles. The van der Waals surface area contributed by atoms with E-state index in [4.69, 9.17) is 5.73 Å². The minimum Gasteiger partial charge on any atom is -0.397 e. The third-order valence-corrected chi connectivity index (χ3v) is 4.01. The van der Waals surface area contributed by atoms with E-state index in [1.807, 2.05) is 29.7 Å². The molecule has 1 heterocycles. The summed E-state index contributed by atoms with van der Waals surface area (Å²) in [5.74, 6) is 0.471. The highest BCUT2D eigenvalue weighted by atomic mass is 79.9.